The molecule has 0 saturated heterocycles. The van der Waals surface area contributed by atoms with Crippen LogP contribution in [0.25, 0.3) is 116 Å². The Hall–Kier alpha value is -10.8. The van der Waals surface area contributed by atoms with E-state index in [-0.39, 0.29) is 0 Å². The van der Waals surface area contributed by atoms with Gasteiger partial charge in [-0.25, -0.2) is 0 Å². The molecule has 1 spiro atoms. The van der Waals surface area contributed by atoms with Gasteiger partial charge in [-0.15, -0.1) is 0 Å². The molecule has 0 atom stereocenters. The maximum Gasteiger partial charge on any atom is 0.132 e. The van der Waals surface area contributed by atoms with Crippen molar-refractivity contribution < 1.29 is 4.74 Å². The Morgan fingerprint density at radius 2 is 0.772 bits per heavy atom. The van der Waals surface area contributed by atoms with Crippen molar-refractivity contribution in [3.05, 3.63) is 283 Å². The van der Waals surface area contributed by atoms with Crippen molar-refractivity contribution in [2.45, 2.75) is 5.41 Å². The van der Waals surface area contributed by atoms with E-state index in [9.17, 15) is 5.26 Å². The highest BCUT2D eigenvalue weighted by Gasteiger charge is 2.52. The van der Waals surface area contributed by atoms with Gasteiger partial charge in [0.1, 0.15) is 11.5 Å². The summed E-state index contributed by atoms with van der Waals surface area (Å²) in [5.41, 5.74) is 20.2. The van der Waals surface area contributed by atoms with Crippen LogP contribution >= 0.6 is 0 Å². The number of para-hydroxylation sites is 4. The fourth-order valence-corrected chi connectivity index (χ4v) is 13.5. The third-order valence-corrected chi connectivity index (χ3v) is 16.8. The number of aromatic nitrogens is 5. The maximum absolute atomic E-state index is 9.99. The molecule has 0 unspecified atom stereocenters. The van der Waals surface area contributed by atoms with E-state index in [1.807, 2.05) is 42.7 Å². The summed E-state index contributed by atoms with van der Waals surface area (Å²) in [4.78, 5) is 10.1. The molecule has 10 aromatic carbocycles. The van der Waals surface area contributed by atoms with Crippen molar-refractivity contribution in [3.8, 4) is 68.3 Å². The van der Waals surface area contributed by atoms with Gasteiger partial charge in [0.15, 0.2) is 0 Å². The van der Waals surface area contributed by atoms with Crippen LogP contribution in [0.4, 0.5) is 0 Å². The van der Waals surface area contributed by atoms with Gasteiger partial charge >= 0.3 is 0 Å². The van der Waals surface area contributed by atoms with E-state index >= 15 is 0 Å². The smallest absolute Gasteiger partial charge is 0.132 e. The maximum atomic E-state index is 9.99. The van der Waals surface area contributed by atoms with Crippen LogP contribution in [0.5, 0.6) is 11.5 Å². The van der Waals surface area contributed by atoms with Crippen molar-refractivity contribution in [2.75, 3.05) is 0 Å². The number of hydrogen-bond acceptors (Lipinski definition) is 4. The molecule has 0 bridgehead atoms. The molecule has 1 aliphatic heterocycles. The molecule has 0 radical (unpaired) electrons. The Balaban J connectivity index is 0.801. The lowest BCUT2D eigenvalue weighted by Crippen LogP contribution is -2.32. The molecular formula is C72H42N6O. The highest BCUT2D eigenvalue weighted by Crippen LogP contribution is 2.62. The molecule has 0 saturated carbocycles. The Morgan fingerprint density at radius 1 is 0.329 bits per heavy atom. The van der Waals surface area contributed by atoms with Crippen LogP contribution < -0.4 is 4.74 Å². The van der Waals surface area contributed by atoms with Crippen LogP contribution in [0.1, 0.15) is 27.8 Å². The number of hydrogen-bond donors (Lipinski definition) is 0. The first-order valence-electron chi connectivity index (χ1n) is 26.7. The fraction of sp³-hybridized carbons (Fsp3) is 0.0139. The molecule has 0 fully saturated rings. The Kier molecular flexibility index (Phi) is 8.99. The van der Waals surface area contributed by atoms with Crippen molar-refractivity contribution in [1.29, 1.82) is 5.26 Å². The van der Waals surface area contributed by atoms with Gasteiger partial charge in [-0.05, 0) is 161 Å². The number of rotatable bonds is 5. The molecule has 2 aliphatic rings. The summed E-state index contributed by atoms with van der Waals surface area (Å²) in [6.45, 7) is 0. The number of nitrogens with zero attached hydrogens (tertiary/aromatic N) is 6. The molecule has 79 heavy (non-hydrogen) atoms. The predicted molar refractivity (Wildman–Crippen MR) is 318 cm³/mol. The lowest BCUT2D eigenvalue weighted by molar-refractivity contribution is 0.436. The standard InChI is InChI=1S/C72H42N6O/c73-43-44-22-32-65-55(38-44)57-40-46(25-34-67(57)76(65)49-12-2-1-3-13-49)48-23-31-58-69(42-48)79-68-35-26-47(41-61(68)72(58)59-17-10-36-74-70(59)71-60(72)18-11-37-75-71)45-24-33-66-56(39-45)54-16-6-9-21-64(54)78(66)51-29-27-50(28-30-51)77-62-19-7-4-14-52(62)53-15-5-8-20-63(53)77/h1-42H. The molecule has 0 N–H and O–H groups in total. The van der Waals surface area contributed by atoms with Crippen molar-refractivity contribution >= 4 is 65.4 Å². The number of fused-ring (bicyclic) bond motifs is 18. The Bertz CT molecular complexity index is 5030. The molecule has 366 valence electrons. The summed E-state index contributed by atoms with van der Waals surface area (Å²) in [7, 11) is 0. The van der Waals surface area contributed by atoms with E-state index in [4.69, 9.17) is 14.7 Å². The number of benzene rings is 10. The lowest BCUT2D eigenvalue weighted by atomic mass is 9.66. The first-order chi connectivity index (χ1) is 39.1. The zero-order chi connectivity index (χ0) is 51.9. The van der Waals surface area contributed by atoms with Gasteiger partial charge in [-0.2, -0.15) is 5.26 Å². The van der Waals surface area contributed by atoms with Crippen molar-refractivity contribution in [3.63, 3.8) is 0 Å². The average Bonchev–Trinajstić information content (AvgIpc) is 3.11. The Morgan fingerprint density at radius 3 is 1.35 bits per heavy atom. The number of ether oxygens (including phenoxy) is 1. The molecule has 1 aliphatic carbocycles. The molecule has 6 heterocycles. The number of pyridine rings is 2. The summed E-state index contributed by atoms with van der Waals surface area (Å²) < 4.78 is 14.2. The summed E-state index contributed by atoms with van der Waals surface area (Å²) >= 11 is 0. The van der Waals surface area contributed by atoms with E-state index in [1.165, 1.54) is 32.6 Å². The van der Waals surface area contributed by atoms with E-state index in [1.54, 1.807) is 0 Å². The van der Waals surface area contributed by atoms with Crippen LogP contribution in [0.2, 0.25) is 0 Å². The highest BCUT2D eigenvalue weighted by molar-refractivity contribution is 6.13. The summed E-state index contributed by atoms with van der Waals surface area (Å²) in [5, 5.41) is 17.0. The van der Waals surface area contributed by atoms with E-state index < -0.39 is 5.41 Å². The SMILES string of the molecule is N#Cc1ccc2c(c1)c1cc(-c3ccc4c(c3)Oc3ccc(-c5ccc6c(c5)c5ccccc5n6-c5ccc(-n6c7ccccc7c7ccccc76)cc5)cc3C43c4cccnc4-c4ncccc43)ccc1n2-c1ccccc1. The normalized spacial score (nSPS) is 13.0. The minimum atomic E-state index is -0.781. The number of nitriles is 1. The van der Waals surface area contributed by atoms with Gasteiger partial charge in [0.05, 0.1) is 61.5 Å². The molecule has 5 aromatic heterocycles. The highest BCUT2D eigenvalue weighted by atomic mass is 16.5. The molecular weight excluding hydrogens is 965 g/mol. The first kappa shape index (κ1) is 43.4. The fourth-order valence-electron chi connectivity index (χ4n) is 13.5. The van der Waals surface area contributed by atoms with Gasteiger partial charge in [0, 0.05) is 72.9 Å². The van der Waals surface area contributed by atoms with Gasteiger partial charge in [0.2, 0.25) is 0 Å². The molecule has 0 amide bonds. The molecule has 7 nitrogen and oxygen atoms in total. The quantitative estimate of drug-likeness (QED) is 0.172. The van der Waals surface area contributed by atoms with Crippen LogP contribution in [0.3, 0.4) is 0 Å². The second-order valence-corrected chi connectivity index (χ2v) is 20.8. The minimum absolute atomic E-state index is 0.628. The van der Waals surface area contributed by atoms with Gasteiger partial charge in [-0.1, -0.05) is 115 Å². The van der Waals surface area contributed by atoms with Crippen molar-refractivity contribution in [2.24, 2.45) is 0 Å². The van der Waals surface area contributed by atoms with Crippen LogP contribution in [0, 0.1) is 11.3 Å². The monoisotopic (exact) mass is 1010 g/mol. The second kappa shape index (κ2) is 16.3. The van der Waals surface area contributed by atoms with Gasteiger partial charge < -0.3 is 18.4 Å². The third-order valence-electron chi connectivity index (χ3n) is 16.8. The average molecular weight is 1010 g/mol. The molecule has 15 aromatic rings. The van der Waals surface area contributed by atoms with E-state index in [0.29, 0.717) is 5.56 Å². The van der Waals surface area contributed by atoms with Crippen molar-refractivity contribution in [1.82, 2.24) is 23.7 Å². The lowest BCUT2D eigenvalue weighted by Gasteiger charge is -2.39. The van der Waals surface area contributed by atoms with Crippen LogP contribution in [-0.2, 0) is 5.41 Å². The zero-order valence-corrected chi connectivity index (χ0v) is 42.3. The van der Waals surface area contributed by atoms with Crippen LogP contribution in [0.15, 0.2) is 255 Å². The van der Waals surface area contributed by atoms with Crippen LogP contribution in [-0.4, -0.2) is 23.7 Å². The van der Waals surface area contributed by atoms with E-state index in [2.05, 4.69) is 232 Å². The zero-order valence-electron chi connectivity index (χ0n) is 42.3. The topological polar surface area (TPSA) is 73.6 Å². The third kappa shape index (κ3) is 6.05. The van der Waals surface area contributed by atoms with Gasteiger partial charge in [-0.3, -0.25) is 9.97 Å². The van der Waals surface area contributed by atoms with Gasteiger partial charge in [0.25, 0.3) is 0 Å². The first-order valence-corrected chi connectivity index (χ1v) is 26.7. The summed E-state index contributed by atoms with van der Waals surface area (Å²) in [5.74, 6) is 1.56. The summed E-state index contributed by atoms with van der Waals surface area (Å²) in [6.07, 6.45) is 3.74. The second-order valence-electron chi connectivity index (χ2n) is 20.8. The minimum Gasteiger partial charge on any atom is -0.457 e. The molecule has 17 rings (SSSR count). The van der Waals surface area contributed by atoms with E-state index in [0.717, 1.165) is 117 Å². The molecule has 7 heteroatoms. The Labute approximate surface area is 453 Å². The largest absolute Gasteiger partial charge is 0.457 e. The predicted octanol–water partition coefficient (Wildman–Crippen LogP) is 17.4. The summed E-state index contributed by atoms with van der Waals surface area (Å²) in [6, 6.07) is 89.2.